The number of likely N-dealkylation sites (N-methyl/N-ethyl adjacent to an activating group) is 1. The molecule has 5 nitrogen and oxygen atoms in total. The van der Waals surface area contributed by atoms with Gasteiger partial charge in [-0.25, -0.2) is 4.79 Å². The third kappa shape index (κ3) is 5.89. The van der Waals surface area contributed by atoms with Crippen LogP contribution < -0.4 is 10.6 Å². The molecule has 1 saturated heterocycles. The van der Waals surface area contributed by atoms with Gasteiger partial charge in [-0.2, -0.15) is 0 Å². The van der Waals surface area contributed by atoms with Crippen LogP contribution in [0.15, 0.2) is 0 Å². The van der Waals surface area contributed by atoms with Gasteiger partial charge in [0.1, 0.15) is 0 Å². The predicted molar refractivity (Wildman–Crippen MR) is 70.2 cm³/mol. The van der Waals surface area contributed by atoms with Crippen molar-refractivity contribution in [3.63, 3.8) is 0 Å². The van der Waals surface area contributed by atoms with E-state index in [4.69, 9.17) is 0 Å². The lowest BCUT2D eigenvalue weighted by Crippen LogP contribution is -2.47. The summed E-state index contributed by atoms with van der Waals surface area (Å²) < 4.78 is 0. The fraction of sp³-hybridized carbons (Fsp3) is 0.917. The lowest BCUT2D eigenvalue weighted by Gasteiger charge is -2.29. The van der Waals surface area contributed by atoms with Crippen molar-refractivity contribution in [2.24, 2.45) is 0 Å². The molecule has 2 N–H and O–H groups in total. The molecule has 1 aliphatic heterocycles. The fourth-order valence-electron chi connectivity index (χ4n) is 1.83. The van der Waals surface area contributed by atoms with Crippen LogP contribution in [0.4, 0.5) is 4.79 Å². The van der Waals surface area contributed by atoms with E-state index in [9.17, 15) is 4.79 Å². The number of piperazine rings is 1. The first-order valence-electron chi connectivity index (χ1n) is 6.66. The molecule has 0 saturated carbocycles. The van der Waals surface area contributed by atoms with Gasteiger partial charge in [-0.3, -0.25) is 4.90 Å². The zero-order valence-corrected chi connectivity index (χ0v) is 11.2. The summed E-state index contributed by atoms with van der Waals surface area (Å²) >= 11 is 0. The molecule has 0 bridgehead atoms. The second-order valence-electron chi connectivity index (χ2n) is 4.60. The third-order valence-electron chi connectivity index (χ3n) is 3.11. The van der Waals surface area contributed by atoms with Gasteiger partial charge in [0.25, 0.3) is 0 Å². The number of unbranched alkanes of at least 4 members (excludes halogenated alkanes) is 1. The Morgan fingerprint density at radius 2 is 2.12 bits per heavy atom. The largest absolute Gasteiger partial charge is 0.338 e. The fourth-order valence-corrected chi connectivity index (χ4v) is 1.83. The van der Waals surface area contributed by atoms with E-state index in [1.807, 2.05) is 7.05 Å². The van der Waals surface area contributed by atoms with Crippen LogP contribution in [0, 0.1) is 0 Å². The van der Waals surface area contributed by atoms with Crippen molar-refractivity contribution in [2.45, 2.75) is 19.8 Å². The van der Waals surface area contributed by atoms with Gasteiger partial charge in [-0.05, 0) is 6.42 Å². The van der Waals surface area contributed by atoms with Gasteiger partial charge in [0.05, 0.1) is 0 Å². The quantitative estimate of drug-likeness (QED) is 0.660. The number of urea groups is 1. The minimum Gasteiger partial charge on any atom is -0.338 e. The van der Waals surface area contributed by atoms with E-state index in [-0.39, 0.29) is 6.03 Å². The number of rotatable bonds is 6. The Bertz CT molecular complexity index is 217. The average Bonchev–Trinajstić information content (AvgIpc) is 2.37. The van der Waals surface area contributed by atoms with Crippen molar-refractivity contribution in [3.05, 3.63) is 0 Å². The number of hydrogen-bond acceptors (Lipinski definition) is 3. The van der Waals surface area contributed by atoms with Crippen molar-refractivity contribution in [2.75, 3.05) is 52.9 Å². The second-order valence-corrected chi connectivity index (χ2v) is 4.60. The lowest BCUT2D eigenvalue weighted by molar-refractivity contribution is 0.187. The van der Waals surface area contributed by atoms with Gasteiger partial charge in [-0.1, -0.05) is 13.3 Å². The first-order chi connectivity index (χ1) is 8.24. The Morgan fingerprint density at radius 3 is 2.76 bits per heavy atom. The number of carbonyl (C=O) groups excluding carboxylic acids is 1. The van der Waals surface area contributed by atoms with Gasteiger partial charge < -0.3 is 15.5 Å². The summed E-state index contributed by atoms with van der Waals surface area (Å²) in [6.45, 7) is 8.99. The summed E-state index contributed by atoms with van der Waals surface area (Å²) in [5.41, 5.74) is 0. The van der Waals surface area contributed by atoms with Crippen molar-refractivity contribution in [3.8, 4) is 0 Å². The molecule has 0 aromatic heterocycles. The van der Waals surface area contributed by atoms with Crippen molar-refractivity contribution in [1.29, 1.82) is 0 Å². The van der Waals surface area contributed by atoms with Gasteiger partial charge >= 0.3 is 6.03 Å². The Labute approximate surface area is 105 Å². The highest BCUT2D eigenvalue weighted by molar-refractivity contribution is 5.73. The summed E-state index contributed by atoms with van der Waals surface area (Å²) in [5, 5.41) is 6.25. The Balaban J connectivity index is 2.10. The van der Waals surface area contributed by atoms with E-state index in [0.29, 0.717) is 0 Å². The Morgan fingerprint density at radius 1 is 1.41 bits per heavy atom. The molecule has 0 aromatic carbocycles. The molecular weight excluding hydrogens is 216 g/mol. The normalized spacial score (nSPS) is 16.8. The summed E-state index contributed by atoms with van der Waals surface area (Å²) in [4.78, 5) is 15.8. The van der Waals surface area contributed by atoms with E-state index in [1.165, 1.54) is 0 Å². The standard InChI is InChI=1S/C12H26N4O/c1-3-4-5-14-12(17)15(2)10-11-16-8-6-13-7-9-16/h13H,3-11H2,1-2H3,(H,14,17). The number of amides is 2. The van der Waals surface area contributed by atoms with Gasteiger partial charge in [0.15, 0.2) is 0 Å². The zero-order valence-electron chi connectivity index (χ0n) is 11.2. The number of nitrogens with one attached hydrogen (secondary N) is 2. The molecule has 17 heavy (non-hydrogen) atoms. The van der Waals surface area contributed by atoms with E-state index >= 15 is 0 Å². The molecule has 1 aliphatic rings. The van der Waals surface area contributed by atoms with Crippen molar-refractivity contribution in [1.82, 2.24) is 20.4 Å². The molecule has 0 aliphatic carbocycles. The predicted octanol–water partition coefficient (Wildman–Crippen LogP) is 0.333. The molecular formula is C12H26N4O. The van der Waals surface area contributed by atoms with E-state index in [1.54, 1.807) is 4.90 Å². The molecule has 1 rings (SSSR count). The maximum atomic E-state index is 11.7. The third-order valence-corrected chi connectivity index (χ3v) is 3.11. The van der Waals surface area contributed by atoms with E-state index < -0.39 is 0 Å². The van der Waals surface area contributed by atoms with Crippen molar-refractivity contribution >= 4 is 6.03 Å². The number of hydrogen-bond donors (Lipinski definition) is 2. The highest BCUT2D eigenvalue weighted by atomic mass is 16.2. The summed E-state index contributed by atoms with van der Waals surface area (Å²) in [5.74, 6) is 0. The molecule has 2 amide bonds. The maximum Gasteiger partial charge on any atom is 0.317 e. The van der Waals surface area contributed by atoms with Crippen LogP contribution in [0.5, 0.6) is 0 Å². The summed E-state index contributed by atoms with van der Waals surface area (Å²) in [6, 6.07) is 0.0496. The zero-order chi connectivity index (χ0) is 12.5. The molecule has 0 aromatic rings. The highest BCUT2D eigenvalue weighted by Crippen LogP contribution is 1.94. The highest BCUT2D eigenvalue weighted by Gasteiger charge is 2.12. The topological polar surface area (TPSA) is 47.6 Å². The molecule has 1 heterocycles. The van der Waals surface area contributed by atoms with Gasteiger partial charge in [-0.15, -0.1) is 0 Å². The molecule has 0 radical (unpaired) electrons. The Kier molecular flexibility index (Phi) is 6.96. The monoisotopic (exact) mass is 242 g/mol. The molecule has 5 heteroatoms. The van der Waals surface area contributed by atoms with Gasteiger partial charge in [0.2, 0.25) is 0 Å². The summed E-state index contributed by atoms with van der Waals surface area (Å²) in [7, 11) is 1.86. The van der Waals surface area contributed by atoms with Gasteiger partial charge in [0, 0.05) is 52.9 Å². The van der Waals surface area contributed by atoms with Crippen LogP contribution in [-0.2, 0) is 0 Å². The van der Waals surface area contributed by atoms with Crippen LogP contribution in [0.1, 0.15) is 19.8 Å². The van der Waals surface area contributed by atoms with Crippen LogP contribution in [0.25, 0.3) is 0 Å². The maximum absolute atomic E-state index is 11.7. The number of carbonyl (C=O) groups is 1. The molecule has 0 spiro atoms. The van der Waals surface area contributed by atoms with Crippen LogP contribution >= 0.6 is 0 Å². The first-order valence-corrected chi connectivity index (χ1v) is 6.66. The minimum absolute atomic E-state index is 0.0496. The molecule has 0 atom stereocenters. The van der Waals surface area contributed by atoms with Crippen LogP contribution in [0.2, 0.25) is 0 Å². The second kappa shape index (κ2) is 8.31. The summed E-state index contributed by atoms with van der Waals surface area (Å²) in [6.07, 6.45) is 2.17. The average molecular weight is 242 g/mol. The molecule has 0 unspecified atom stereocenters. The molecule has 100 valence electrons. The SMILES string of the molecule is CCCCNC(=O)N(C)CCN1CCNCC1. The van der Waals surface area contributed by atoms with Crippen LogP contribution in [0.3, 0.4) is 0 Å². The molecule has 1 fully saturated rings. The Hall–Kier alpha value is -0.810. The minimum atomic E-state index is 0.0496. The van der Waals surface area contributed by atoms with Crippen LogP contribution in [-0.4, -0.2) is 68.7 Å². The lowest BCUT2D eigenvalue weighted by atomic mass is 10.3. The first kappa shape index (κ1) is 14.3. The van der Waals surface area contributed by atoms with E-state index in [2.05, 4.69) is 22.5 Å². The number of nitrogens with zero attached hydrogens (tertiary/aromatic N) is 2. The van der Waals surface area contributed by atoms with E-state index in [0.717, 1.165) is 58.7 Å². The smallest absolute Gasteiger partial charge is 0.317 e. The van der Waals surface area contributed by atoms with Crippen molar-refractivity contribution < 1.29 is 4.79 Å².